The summed E-state index contributed by atoms with van der Waals surface area (Å²) in [7, 11) is 6.07. The van der Waals surface area contributed by atoms with Gasteiger partial charge in [0.05, 0.1) is 23.1 Å². The normalized spacial score (nSPS) is 12.4. The van der Waals surface area contributed by atoms with Crippen LogP contribution < -0.4 is 25.7 Å². The third-order valence-corrected chi connectivity index (χ3v) is 9.59. The van der Waals surface area contributed by atoms with Crippen molar-refractivity contribution in [2.45, 2.75) is 6.04 Å². The first-order valence-electron chi connectivity index (χ1n) is 14.2. The van der Waals surface area contributed by atoms with Crippen molar-refractivity contribution in [2.75, 3.05) is 16.8 Å². The van der Waals surface area contributed by atoms with Gasteiger partial charge in [-0.1, -0.05) is 140 Å². The number of rotatable bonds is 6. The molecular weight excluding hydrogens is 671 g/mol. The minimum Gasteiger partial charge on any atom is -0.0622 e. The molecular formula is C38H32ClN3PPd+. The number of fused-ring (bicyclic) bond motifs is 1. The van der Waals surface area contributed by atoms with E-state index in [1.54, 1.807) is 0 Å². The molecule has 0 N–H and O–H groups in total. The molecule has 220 valence electrons. The van der Waals surface area contributed by atoms with Crippen LogP contribution in [0.25, 0.3) is 0 Å². The van der Waals surface area contributed by atoms with E-state index >= 15 is 0 Å². The zero-order valence-electron chi connectivity index (χ0n) is 24.2. The SMILES string of the molecule is CN1[C]N([C@@H](c2ccccc2)c2ccccn2)c2ccccc21.[Cl][Pd+].c1ccc(P(c2ccccc2)c2ccccc2)cc1. The maximum Gasteiger partial charge on any atom is -0.0134 e. The summed E-state index contributed by atoms with van der Waals surface area (Å²) in [6, 6.07) is 57.2. The number of benzene rings is 5. The Morgan fingerprint density at radius 1 is 0.568 bits per heavy atom. The number of pyridine rings is 1. The zero-order valence-corrected chi connectivity index (χ0v) is 27.4. The van der Waals surface area contributed by atoms with E-state index < -0.39 is 7.92 Å². The van der Waals surface area contributed by atoms with E-state index in [4.69, 9.17) is 0 Å². The Bertz CT molecular complexity index is 1540. The average molecular weight is 704 g/mol. The molecule has 5 aromatic carbocycles. The third-order valence-electron chi connectivity index (χ3n) is 7.14. The van der Waals surface area contributed by atoms with Crippen LogP contribution in [-0.2, 0) is 18.2 Å². The minimum absolute atomic E-state index is 0.00324. The van der Waals surface area contributed by atoms with Gasteiger partial charge in [0.15, 0.2) is 0 Å². The molecule has 0 amide bonds. The van der Waals surface area contributed by atoms with Crippen LogP contribution in [0, 0.1) is 6.67 Å². The molecule has 0 bridgehead atoms. The van der Waals surface area contributed by atoms with Crippen LogP contribution in [0.4, 0.5) is 11.4 Å². The molecule has 1 aliphatic rings. The summed E-state index contributed by atoms with van der Waals surface area (Å²) in [6.45, 7) is 3.44. The molecule has 6 heteroatoms. The van der Waals surface area contributed by atoms with Crippen molar-refractivity contribution in [1.82, 2.24) is 4.98 Å². The second-order valence-electron chi connectivity index (χ2n) is 9.93. The number of nitrogens with zero attached hydrogens (tertiary/aromatic N) is 3. The molecule has 0 aliphatic carbocycles. The van der Waals surface area contributed by atoms with Gasteiger partial charge in [-0.25, -0.2) is 0 Å². The van der Waals surface area contributed by atoms with E-state index in [9.17, 15) is 0 Å². The Kier molecular flexibility index (Phi) is 11.8. The van der Waals surface area contributed by atoms with Crippen molar-refractivity contribution < 1.29 is 18.2 Å². The number of aromatic nitrogens is 1. The van der Waals surface area contributed by atoms with Crippen LogP contribution in [0.1, 0.15) is 17.3 Å². The van der Waals surface area contributed by atoms with Gasteiger partial charge in [-0.15, -0.1) is 0 Å². The van der Waals surface area contributed by atoms with Crippen molar-refractivity contribution in [3.63, 3.8) is 0 Å². The predicted octanol–water partition coefficient (Wildman–Crippen LogP) is 8.26. The van der Waals surface area contributed by atoms with Gasteiger partial charge in [-0.05, 0) is 53.7 Å². The van der Waals surface area contributed by atoms with Gasteiger partial charge >= 0.3 is 27.7 Å². The largest absolute Gasteiger partial charge is 0.0622 e. The number of hydrogen-bond donors (Lipinski definition) is 0. The van der Waals surface area contributed by atoms with Gasteiger partial charge in [-0.3, -0.25) is 4.98 Å². The molecule has 7 rings (SSSR count). The molecule has 2 heterocycles. The van der Waals surface area contributed by atoms with Crippen LogP contribution in [0.3, 0.4) is 0 Å². The van der Waals surface area contributed by atoms with Crippen molar-refractivity contribution in [3.8, 4) is 0 Å². The summed E-state index contributed by atoms with van der Waals surface area (Å²) in [6.07, 6.45) is 1.84. The van der Waals surface area contributed by atoms with E-state index in [2.05, 4.69) is 190 Å². The van der Waals surface area contributed by atoms with Gasteiger partial charge in [0.1, 0.15) is 0 Å². The molecule has 0 spiro atoms. The molecule has 0 saturated heterocycles. The summed E-state index contributed by atoms with van der Waals surface area (Å²) in [5, 5.41) is 4.19. The van der Waals surface area contributed by atoms with E-state index in [1.165, 1.54) is 21.5 Å². The fraction of sp³-hybridized carbons (Fsp3) is 0.0526. The molecule has 1 aliphatic heterocycles. The first-order valence-corrected chi connectivity index (χ1v) is 17.6. The molecule has 0 fully saturated rings. The van der Waals surface area contributed by atoms with E-state index in [0.717, 1.165) is 17.1 Å². The number of para-hydroxylation sites is 2. The predicted molar refractivity (Wildman–Crippen MR) is 184 cm³/mol. The van der Waals surface area contributed by atoms with Crippen LogP contribution in [0.15, 0.2) is 170 Å². The van der Waals surface area contributed by atoms with Crippen molar-refractivity contribution in [2.24, 2.45) is 0 Å². The van der Waals surface area contributed by atoms with Crippen LogP contribution in [-0.4, -0.2) is 12.0 Å². The van der Waals surface area contributed by atoms with Crippen LogP contribution in [0.2, 0.25) is 0 Å². The quantitative estimate of drug-likeness (QED) is 0.129. The zero-order chi connectivity index (χ0) is 30.6. The van der Waals surface area contributed by atoms with Crippen molar-refractivity contribution in [1.29, 1.82) is 0 Å². The Labute approximate surface area is 277 Å². The molecule has 1 atom stereocenters. The fourth-order valence-electron chi connectivity index (χ4n) is 5.22. The first kappa shape index (κ1) is 31.7. The fourth-order valence-corrected chi connectivity index (χ4v) is 7.53. The Balaban J connectivity index is 0.000000168. The summed E-state index contributed by atoms with van der Waals surface area (Å²) in [5.74, 6) is 0. The van der Waals surface area contributed by atoms with E-state index in [0.29, 0.717) is 0 Å². The Morgan fingerprint density at radius 3 is 1.48 bits per heavy atom. The molecule has 0 unspecified atom stereocenters. The van der Waals surface area contributed by atoms with Gasteiger partial charge in [0.2, 0.25) is 6.67 Å². The topological polar surface area (TPSA) is 19.4 Å². The van der Waals surface area contributed by atoms with Gasteiger partial charge < -0.3 is 9.80 Å². The first-order chi connectivity index (χ1) is 21.8. The summed E-state index contributed by atoms with van der Waals surface area (Å²) in [4.78, 5) is 8.81. The second kappa shape index (κ2) is 16.3. The van der Waals surface area contributed by atoms with Crippen LogP contribution in [0.5, 0.6) is 0 Å². The Hall–Kier alpha value is -3.77. The maximum absolute atomic E-state index is 4.60. The number of anilines is 2. The summed E-state index contributed by atoms with van der Waals surface area (Å²) < 4.78 is 0. The average Bonchev–Trinajstić information content (AvgIpc) is 3.44. The van der Waals surface area contributed by atoms with Gasteiger partial charge in [0.25, 0.3) is 0 Å². The standard InChI is InChI=1S/C20H17N3.C18H15P.ClH.Pd/c1-22-15-23(19-13-6-5-12-18(19)22)20(16-9-3-2-4-10-16)17-11-7-8-14-21-17;1-4-10-16(11-5-1)19(17-12-6-2-7-13-17)18-14-8-3-9-15-18;;/h2-14,20H,1H3;1-15H;1H;/q;;;+2/p-1/t20-;;;/m0.../s1. The third kappa shape index (κ3) is 7.65. The van der Waals surface area contributed by atoms with Gasteiger partial charge in [-0.2, -0.15) is 0 Å². The molecule has 2 radical (unpaired) electrons. The monoisotopic (exact) mass is 702 g/mol. The molecule has 3 nitrogen and oxygen atoms in total. The molecule has 44 heavy (non-hydrogen) atoms. The van der Waals surface area contributed by atoms with Crippen LogP contribution >= 0.6 is 17.5 Å². The molecule has 1 aromatic heterocycles. The van der Waals surface area contributed by atoms with Gasteiger partial charge in [0, 0.05) is 13.2 Å². The molecule has 0 saturated carbocycles. The summed E-state index contributed by atoms with van der Waals surface area (Å²) >= 11 is 2.22. The van der Waals surface area contributed by atoms with Crippen molar-refractivity contribution >= 4 is 44.7 Å². The maximum atomic E-state index is 4.60. The number of halogens is 1. The smallest absolute Gasteiger partial charge is 0.0134 e. The van der Waals surface area contributed by atoms with E-state index in [-0.39, 0.29) is 6.04 Å². The summed E-state index contributed by atoms with van der Waals surface area (Å²) in [5.41, 5.74) is 4.51. The van der Waals surface area contributed by atoms with E-state index in [1.807, 2.05) is 36.3 Å². The van der Waals surface area contributed by atoms with Crippen molar-refractivity contribution in [3.05, 3.63) is 188 Å². The Morgan fingerprint density at radius 2 is 1.00 bits per heavy atom. The molecule has 6 aromatic rings. The number of hydrogen-bond acceptors (Lipinski definition) is 3. The minimum atomic E-state index is -0.446. The second-order valence-corrected chi connectivity index (χ2v) is 12.1.